The summed E-state index contributed by atoms with van der Waals surface area (Å²) >= 11 is 6.18. The molecule has 0 heterocycles. The molecule has 1 amide bonds. The summed E-state index contributed by atoms with van der Waals surface area (Å²) in [4.78, 5) is 12.2. The number of hydrogen-bond donors (Lipinski definition) is 2. The largest absolute Gasteiger partial charge is 0.391 e. The summed E-state index contributed by atoms with van der Waals surface area (Å²) in [6.07, 6.45) is 0.795. The van der Waals surface area contributed by atoms with Crippen LogP contribution in [0.15, 0.2) is 54.6 Å². The average molecular weight is 330 g/mol. The molecule has 120 valence electrons. The van der Waals surface area contributed by atoms with E-state index in [1.165, 1.54) is 0 Å². The Bertz CT molecular complexity index is 674. The van der Waals surface area contributed by atoms with E-state index in [1.807, 2.05) is 54.6 Å². The molecule has 3 nitrogen and oxygen atoms in total. The molecule has 0 saturated heterocycles. The molecule has 3 unspecified atom stereocenters. The first kappa shape index (κ1) is 16.0. The van der Waals surface area contributed by atoms with Gasteiger partial charge in [-0.3, -0.25) is 4.79 Å². The number of carbonyl (C=O) groups excluding carboxylic acids is 1. The van der Waals surface area contributed by atoms with Crippen molar-refractivity contribution >= 4 is 17.5 Å². The van der Waals surface area contributed by atoms with Gasteiger partial charge in [-0.2, -0.15) is 0 Å². The molecule has 0 aromatic heterocycles. The Morgan fingerprint density at radius 3 is 2.61 bits per heavy atom. The Balaban J connectivity index is 1.47. The van der Waals surface area contributed by atoms with Gasteiger partial charge in [0.05, 0.1) is 6.10 Å². The molecule has 0 radical (unpaired) electrons. The van der Waals surface area contributed by atoms with E-state index in [1.54, 1.807) is 0 Å². The van der Waals surface area contributed by atoms with Crippen molar-refractivity contribution in [2.45, 2.75) is 24.9 Å². The molecular formula is C19H20ClNO2. The van der Waals surface area contributed by atoms with Crippen LogP contribution in [0.4, 0.5) is 0 Å². The van der Waals surface area contributed by atoms with Gasteiger partial charge in [0.25, 0.3) is 0 Å². The van der Waals surface area contributed by atoms with Crippen molar-refractivity contribution in [3.8, 4) is 0 Å². The minimum absolute atomic E-state index is 0.00188. The number of hydrogen-bond acceptors (Lipinski definition) is 2. The molecule has 2 aromatic carbocycles. The van der Waals surface area contributed by atoms with Gasteiger partial charge in [0.1, 0.15) is 0 Å². The molecule has 23 heavy (non-hydrogen) atoms. The van der Waals surface area contributed by atoms with Crippen molar-refractivity contribution in [3.05, 3.63) is 70.7 Å². The molecule has 1 fully saturated rings. The zero-order valence-electron chi connectivity index (χ0n) is 12.8. The lowest BCUT2D eigenvalue weighted by Gasteiger charge is -2.12. The van der Waals surface area contributed by atoms with Crippen molar-refractivity contribution in [3.63, 3.8) is 0 Å². The second-order valence-corrected chi connectivity index (χ2v) is 6.47. The lowest BCUT2D eigenvalue weighted by atomic mass is 10.1. The first-order valence-electron chi connectivity index (χ1n) is 7.89. The summed E-state index contributed by atoms with van der Waals surface area (Å²) in [6, 6.07) is 17.4. The van der Waals surface area contributed by atoms with Crippen LogP contribution in [0.5, 0.6) is 0 Å². The smallest absolute Gasteiger partial charge is 0.223 e. The number of rotatable bonds is 6. The third-order valence-corrected chi connectivity index (χ3v) is 4.60. The van der Waals surface area contributed by atoms with E-state index in [0.29, 0.717) is 6.42 Å². The van der Waals surface area contributed by atoms with Crippen LogP contribution in [0.2, 0.25) is 5.02 Å². The van der Waals surface area contributed by atoms with Gasteiger partial charge < -0.3 is 10.4 Å². The third kappa shape index (κ3) is 4.12. The van der Waals surface area contributed by atoms with Gasteiger partial charge in [-0.1, -0.05) is 60.1 Å². The second-order valence-electron chi connectivity index (χ2n) is 6.06. The van der Waals surface area contributed by atoms with Crippen LogP contribution in [0, 0.1) is 5.92 Å². The topological polar surface area (TPSA) is 49.3 Å². The van der Waals surface area contributed by atoms with Crippen LogP contribution in [-0.2, 0) is 11.2 Å². The van der Waals surface area contributed by atoms with Crippen LogP contribution in [0.1, 0.15) is 23.5 Å². The van der Waals surface area contributed by atoms with E-state index in [-0.39, 0.29) is 24.3 Å². The first-order chi connectivity index (χ1) is 11.1. The standard InChI is InChI=1S/C19H20ClNO2/c20-18-9-5-4-8-15(18)16-11-17(16)19(23)21-12-14(22)10-13-6-2-1-3-7-13/h1-9,14,16-17,22H,10-12H2,(H,21,23). The predicted octanol–water partition coefficient (Wildman–Crippen LogP) is 3.16. The molecule has 4 heteroatoms. The van der Waals surface area contributed by atoms with Crippen LogP contribution in [0.3, 0.4) is 0 Å². The van der Waals surface area contributed by atoms with E-state index < -0.39 is 6.10 Å². The highest BCUT2D eigenvalue weighted by atomic mass is 35.5. The van der Waals surface area contributed by atoms with Gasteiger partial charge in [0, 0.05) is 23.9 Å². The van der Waals surface area contributed by atoms with Crippen molar-refractivity contribution in [2.75, 3.05) is 6.54 Å². The predicted molar refractivity (Wildman–Crippen MR) is 91.5 cm³/mol. The summed E-state index contributed by atoms with van der Waals surface area (Å²) in [5, 5.41) is 13.6. The van der Waals surface area contributed by atoms with E-state index in [0.717, 1.165) is 22.6 Å². The van der Waals surface area contributed by atoms with E-state index in [9.17, 15) is 9.90 Å². The second kappa shape index (κ2) is 7.16. The fourth-order valence-corrected chi connectivity index (χ4v) is 3.19. The Morgan fingerprint density at radius 1 is 1.17 bits per heavy atom. The highest BCUT2D eigenvalue weighted by molar-refractivity contribution is 6.31. The van der Waals surface area contributed by atoms with Gasteiger partial charge in [-0.15, -0.1) is 0 Å². The number of benzene rings is 2. The van der Waals surface area contributed by atoms with Gasteiger partial charge >= 0.3 is 0 Å². The van der Waals surface area contributed by atoms with Crippen LogP contribution in [0.25, 0.3) is 0 Å². The summed E-state index contributed by atoms with van der Waals surface area (Å²) in [6.45, 7) is 0.277. The van der Waals surface area contributed by atoms with Gasteiger partial charge in [0.2, 0.25) is 5.91 Å². The number of amides is 1. The Hall–Kier alpha value is -1.84. The average Bonchev–Trinajstić information content (AvgIpc) is 3.34. The molecule has 1 saturated carbocycles. The Labute approximate surface area is 141 Å². The van der Waals surface area contributed by atoms with Crippen molar-refractivity contribution in [2.24, 2.45) is 5.92 Å². The highest BCUT2D eigenvalue weighted by Gasteiger charge is 2.44. The monoisotopic (exact) mass is 329 g/mol. The zero-order valence-corrected chi connectivity index (χ0v) is 13.5. The number of carbonyl (C=O) groups is 1. The zero-order chi connectivity index (χ0) is 16.2. The van der Waals surface area contributed by atoms with E-state index in [4.69, 9.17) is 11.6 Å². The molecule has 3 rings (SSSR count). The molecule has 0 spiro atoms. The summed E-state index contributed by atoms with van der Waals surface area (Å²) in [7, 11) is 0. The maximum absolute atomic E-state index is 12.2. The van der Waals surface area contributed by atoms with Gasteiger partial charge in [-0.25, -0.2) is 0 Å². The lowest BCUT2D eigenvalue weighted by Crippen LogP contribution is -2.34. The Kier molecular flexibility index (Phi) is 4.99. The molecular weight excluding hydrogens is 310 g/mol. The normalized spacial score (nSPS) is 20.8. The maximum atomic E-state index is 12.2. The van der Waals surface area contributed by atoms with Gasteiger partial charge in [0.15, 0.2) is 0 Å². The minimum atomic E-state index is -0.570. The van der Waals surface area contributed by atoms with Crippen molar-refractivity contribution in [1.82, 2.24) is 5.32 Å². The van der Waals surface area contributed by atoms with Crippen LogP contribution in [-0.4, -0.2) is 23.7 Å². The number of aliphatic hydroxyl groups is 1. The van der Waals surface area contributed by atoms with Crippen molar-refractivity contribution in [1.29, 1.82) is 0 Å². The molecule has 0 aliphatic heterocycles. The SMILES string of the molecule is O=C(NCC(O)Cc1ccccc1)C1CC1c1ccccc1Cl. The Morgan fingerprint density at radius 2 is 1.87 bits per heavy atom. The molecule has 0 bridgehead atoms. The number of aliphatic hydroxyl groups excluding tert-OH is 1. The number of halogens is 1. The van der Waals surface area contributed by atoms with Gasteiger partial charge in [-0.05, 0) is 29.5 Å². The van der Waals surface area contributed by atoms with E-state index in [2.05, 4.69) is 5.32 Å². The van der Waals surface area contributed by atoms with E-state index >= 15 is 0 Å². The molecule has 3 atom stereocenters. The molecule has 2 aromatic rings. The fraction of sp³-hybridized carbons (Fsp3) is 0.316. The fourth-order valence-electron chi connectivity index (χ4n) is 2.91. The molecule has 2 N–H and O–H groups in total. The summed E-state index contributed by atoms with van der Waals surface area (Å²) in [5.41, 5.74) is 2.11. The highest BCUT2D eigenvalue weighted by Crippen LogP contribution is 2.49. The lowest BCUT2D eigenvalue weighted by molar-refractivity contribution is -0.122. The summed E-state index contributed by atoms with van der Waals surface area (Å²) in [5.74, 6) is 0.177. The first-order valence-corrected chi connectivity index (χ1v) is 8.27. The number of nitrogens with one attached hydrogen (secondary N) is 1. The quantitative estimate of drug-likeness (QED) is 0.855. The third-order valence-electron chi connectivity index (χ3n) is 4.26. The van der Waals surface area contributed by atoms with Crippen LogP contribution >= 0.6 is 11.6 Å². The van der Waals surface area contributed by atoms with Crippen molar-refractivity contribution < 1.29 is 9.90 Å². The molecule has 1 aliphatic carbocycles. The maximum Gasteiger partial charge on any atom is 0.223 e. The summed E-state index contributed by atoms with van der Waals surface area (Å²) < 4.78 is 0. The molecule has 1 aliphatic rings. The minimum Gasteiger partial charge on any atom is -0.391 e. The van der Waals surface area contributed by atoms with Crippen LogP contribution < -0.4 is 5.32 Å².